The van der Waals surface area contributed by atoms with Crippen LogP contribution < -0.4 is 5.56 Å². The van der Waals surface area contributed by atoms with Crippen LogP contribution in [0.5, 0.6) is 0 Å². The van der Waals surface area contributed by atoms with E-state index in [1.54, 1.807) is 0 Å². The van der Waals surface area contributed by atoms with Crippen molar-refractivity contribution in [1.82, 2.24) is 14.9 Å². The van der Waals surface area contributed by atoms with Gasteiger partial charge in [0.2, 0.25) is 0 Å². The van der Waals surface area contributed by atoms with Crippen LogP contribution in [0.25, 0.3) is 22.2 Å². The van der Waals surface area contributed by atoms with E-state index in [0.717, 1.165) is 29.9 Å². The highest BCUT2D eigenvalue weighted by molar-refractivity contribution is 6.30. The van der Waals surface area contributed by atoms with Crippen LogP contribution in [0.4, 0.5) is 0 Å². The number of nitrogens with zero attached hydrogens (tertiary/aromatic N) is 2. The summed E-state index contributed by atoms with van der Waals surface area (Å²) < 4.78 is 0. The first-order valence-electron chi connectivity index (χ1n) is 9.74. The van der Waals surface area contributed by atoms with Gasteiger partial charge in [0.1, 0.15) is 5.82 Å². The Morgan fingerprint density at radius 1 is 1.00 bits per heavy atom. The Morgan fingerprint density at radius 2 is 1.79 bits per heavy atom. The van der Waals surface area contributed by atoms with E-state index in [4.69, 9.17) is 16.6 Å². The predicted octanol–water partition coefficient (Wildman–Crippen LogP) is 4.80. The summed E-state index contributed by atoms with van der Waals surface area (Å²) in [6.45, 7) is 2.36. The summed E-state index contributed by atoms with van der Waals surface area (Å²) in [5.74, 6) is 0.595. The molecule has 1 aromatic heterocycles. The monoisotopic (exact) mass is 401 g/mol. The highest BCUT2D eigenvalue weighted by Crippen LogP contribution is 2.24. The zero-order valence-electron chi connectivity index (χ0n) is 15.9. The normalized spacial score (nSPS) is 14.1. The minimum absolute atomic E-state index is 0.0373. The van der Waals surface area contributed by atoms with Crippen molar-refractivity contribution >= 4 is 22.4 Å². The lowest BCUT2D eigenvalue weighted by molar-refractivity contribution is 0.241. The van der Waals surface area contributed by atoms with Crippen LogP contribution in [0.2, 0.25) is 5.02 Å². The van der Waals surface area contributed by atoms with Gasteiger partial charge >= 0.3 is 0 Å². The zero-order valence-corrected chi connectivity index (χ0v) is 16.6. The molecule has 5 rings (SSSR count). The number of hydrogen-bond acceptors (Lipinski definition) is 3. The molecule has 0 unspecified atom stereocenters. The van der Waals surface area contributed by atoms with Crippen LogP contribution in [0.3, 0.4) is 0 Å². The fourth-order valence-electron chi connectivity index (χ4n) is 4.04. The largest absolute Gasteiger partial charge is 0.306 e. The van der Waals surface area contributed by atoms with E-state index >= 15 is 0 Å². The maximum absolute atomic E-state index is 12.6. The molecule has 1 N–H and O–H groups in total. The SMILES string of the molecule is O=c1[nH]c(-c2ccc(Cl)cc2)nc2c1CCN(Cc1cccc3ccccc13)C2. The summed E-state index contributed by atoms with van der Waals surface area (Å²) in [4.78, 5) is 22.7. The predicted molar refractivity (Wildman–Crippen MR) is 117 cm³/mol. The van der Waals surface area contributed by atoms with Crippen LogP contribution in [-0.2, 0) is 19.5 Å². The fourth-order valence-corrected chi connectivity index (χ4v) is 4.17. The maximum Gasteiger partial charge on any atom is 0.254 e. The van der Waals surface area contributed by atoms with Gasteiger partial charge in [0, 0.05) is 35.8 Å². The molecule has 144 valence electrons. The van der Waals surface area contributed by atoms with Crippen LogP contribution in [0.1, 0.15) is 16.8 Å². The minimum Gasteiger partial charge on any atom is -0.306 e. The number of rotatable bonds is 3. The number of H-pyrrole nitrogens is 1. The van der Waals surface area contributed by atoms with Crippen LogP contribution in [0.15, 0.2) is 71.5 Å². The number of nitrogens with one attached hydrogen (secondary N) is 1. The molecule has 0 amide bonds. The van der Waals surface area contributed by atoms with E-state index in [1.165, 1.54) is 16.3 Å². The van der Waals surface area contributed by atoms with Crippen molar-refractivity contribution < 1.29 is 0 Å². The third-order valence-corrected chi connectivity index (χ3v) is 5.80. The average molecular weight is 402 g/mol. The summed E-state index contributed by atoms with van der Waals surface area (Å²) in [5, 5.41) is 3.19. The molecule has 29 heavy (non-hydrogen) atoms. The number of halogens is 1. The molecule has 1 aliphatic rings. The summed E-state index contributed by atoms with van der Waals surface area (Å²) in [6, 6.07) is 22.3. The molecule has 0 spiro atoms. The topological polar surface area (TPSA) is 49.0 Å². The lowest BCUT2D eigenvalue weighted by Crippen LogP contribution is -2.35. The summed E-state index contributed by atoms with van der Waals surface area (Å²) in [5.41, 5.74) is 3.79. The number of aromatic amines is 1. The molecule has 0 saturated carbocycles. The molecule has 2 heterocycles. The van der Waals surface area contributed by atoms with Gasteiger partial charge in [-0.3, -0.25) is 9.69 Å². The van der Waals surface area contributed by atoms with Crippen molar-refractivity contribution in [1.29, 1.82) is 0 Å². The number of hydrogen-bond donors (Lipinski definition) is 1. The van der Waals surface area contributed by atoms with Gasteiger partial charge in [-0.15, -0.1) is 0 Å². The van der Waals surface area contributed by atoms with Crippen LogP contribution >= 0.6 is 11.6 Å². The van der Waals surface area contributed by atoms with Crippen LogP contribution in [-0.4, -0.2) is 21.4 Å². The van der Waals surface area contributed by atoms with E-state index in [1.807, 2.05) is 24.3 Å². The zero-order chi connectivity index (χ0) is 19.8. The molecule has 0 radical (unpaired) electrons. The van der Waals surface area contributed by atoms with E-state index < -0.39 is 0 Å². The van der Waals surface area contributed by atoms with Crippen molar-refractivity contribution in [3.63, 3.8) is 0 Å². The second-order valence-electron chi connectivity index (χ2n) is 7.45. The Balaban J connectivity index is 1.45. The van der Waals surface area contributed by atoms with Gasteiger partial charge in [0.05, 0.1) is 5.69 Å². The van der Waals surface area contributed by atoms with Gasteiger partial charge in [0.25, 0.3) is 5.56 Å². The molecular weight excluding hydrogens is 382 g/mol. The Bertz CT molecular complexity index is 1240. The van der Waals surface area contributed by atoms with Crippen molar-refractivity contribution in [2.45, 2.75) is 19.5 Å². The molecule has 0 atom stereocenters. The standard InChI is InChI=1S/C24H20ClN3O/c25-19-10-8-17(9-11-19)23-26-22-15-28(13-12-21(22)24(29)27-23)14-18-6-3-5-16-4-1-2-7-20(16)18/h1-11H,12-15H2,(H,26,27,29). The maximum atomic E-state index is 12.6. The van der Waals surface area contributed by atoms with Crippen molar-refractivity contribution in [2.24, 2.45) is 0 Å². The van der Waals surface area contributed by atoms with Gasteiger partial charge in [0.15, 0.2) is 0 Å². The van der Waals surface area contributed by atoms with Crippen LogP contribution in [0, 0.1) is 0 Å². The molecule has 0 bridgehead atoms. The molecule has 0 saturated heterocycles. The number of aromatic nitrogens is 2. The van der Waals surface area contributed by atoms with E-state index in [2.05, 4.69) is 52.3 Å². The second-order valence-corrected chi connectivity index (χ2v) is 7.88. The highest BCUT2D eigenvalue weighted by Gasteiger charge is 2.22. The summed E-state index contributed by atoms with van der Waals surface area (Å²) in [7, 11) is 0. The van der Waals surface area contributed by atoms with Crippen molar-refractivity contribution in [3.05, 3.63) is 98.9 Å². The van der Waals surface area contributed by atoms with Gasteiger partial charge in [-0.1, -0.05) is 54.1 Å². The van der Waals surface area contributed by atoms with Gasteiger partial charge in [-0.05, 0) is 47.0 Å². The second kappa shape index (κ2) is 7.47. The first-order chi connectivity index (χ1) is 14.2. The van der Waals surface area contributed by atoms with Crippen molar-refractivity contribution in [2.75, 3.05) is 6.54 Å². The van der Waals surface area contributed by atoms with E-state index in [9.17, 15) is 4.79 Å². The summed E-state index contributed by atoms with van der Waals surface area (Å²) >= 11 is 5.98. The van der Waals surface area contributed by atoms with Gasteiger partial charge in [-0.2, -0.15) is 0 Å². The molecule has 0 aliphatic carbocycles. The molecule has 3 aromatic carbocycles. The van der Waals surface area contributed by atoms with Gasteiger partial charge < -0.3 is 4.98 Å². The smallest absolute Gasteiger partial charge is 0.254 e. The van der Waals surface area contributed by atoms with E-state index in [0.29, 0.717) is 23.8 Å². The Morgan fingerprint density at radius 3 is 2.66 bits per heavy atom. The molecular formula is C24H20ClN3O. The van der Waals surface area contributed by atoms with E-state index in [-0.39, 0.29) is 5.56 Å². The number of benzene rings is 3. The summed E-state index contributed by atoms with van der Waals surface area (Å²) in [6.07, 6.45) is 0.712. The van der Waals surface area contributed by atoms with Crippen molar-refractivity contribution in [3.8, 4) is 11.4 Å². The Hall–Kier alpha value is -2.95. The highest BCUT2D eigenvalue weighted by atomic mass is 35.5. The molecule has 0 fully saturated rings. The third kappa shape index (κ3) is 3.57. The third-order valence-electron chi connectivity index (χ3n) is 5.54. The lowest BCUT2D eigenvalue weighted by Gasteiger charge is -2.28. The molecule has 1 aliphatic heterocycles. The number of fused-ring (bicyclic) bond motifs is 2. The van der Waals surface area contributed by atoms with Gasteiger partial charge in [-0.25, -0.2) is 4.98 Å². The average Bonchev–Trinajstić information content (AvgIpc) is 2.74. The Labute approximate surface area is 173 Å². The molecule has 4 nitrogen and oxygen atoms in total. The quantitative estimate of drug-likeness (QED) is 0.536. The molecule has 5 heteroatoms. The lowest BCUT2D eigenvalue weighted by atomic mass is 10.0. The fraction of sp³-hybridized carbons (Fsp3) is 0.167. The molecule has 4 aromatic rings. The first-order valence-corrected chi connectivity index (χ1v) is 10.1. The first kappa shape index (κ1) is 18.1. The Kier molecular flexibility index (Phi) is 4.66. The minimum atomic E-state index is -0.0373.